The molecule has 0 bridgehead atoms. The molecule has 0 unspecified atom stereocenters. The topological polar surface area (TPSA) is 134 Å². The van der Waals surface area contributed by atoms with Crippen LogP contribution in [0, 0.1) is 0 Å². The highest BCUT2D eigenvalue weighted by molar-refractivity contribution is 7.96. The number of amides is 2. The van der Waals surface area contributed by atoms with Crippen LogP contribution in [0.3, 0.4) is 0 Å². The number of morpholine rings is 1. The van der Waals surface area contributed by atoms with Crippen molar-refractivity contribution in [2.75, 3.05) is 43.1 Å². The van der Waals surface area contributed by atoms with Gasteiger partial charge in [-0.3, -0.25) is 0 Å². The molecule has 3 rings (SSSR count). The number of urea groups is 1. The highest BCUT2D eigenvalue weighted by Crippen LogP contribution is 2.35. The summed E-state index contributed by atoms with van der Waals surface area (Å²) in [6.07, 6.45) is 0. The van der Waals surface area contributed by atoms with Crippen LogP contribution < -0.4 is 15.5 Å². The third-order valence-electron chi connectivity index (χ3n) is 5.92. The number of sulfone groups is 1. The largest absolute Gasteiger partial charge is 0.395 e. The Labute approximate surface area is 206 Å². The number of hydrogen-bond acceptors (Lipinski definition) is 8. The van der Waals surface area contributed by atoms with E-state index in [2.05, 4.69) is 27.1 Å². The molecule has 10 nitrogen and oxygen atoms in total. The molecule has 1 aliphatic rings. The maximum atomic E-state index is 13.1. The Kier molecular flexibility index (Phi) is 8.14. The van der Waals surface area contributed by atoms with Gasteiger partial charge in [0.1, 0.15) is 10.6 Å². The van der Waals surface area contributed by atoms with Gasteiger partial charge >= 0.3 is 6.03 Å². The van der Waals surface area contributed by atoms with Crippen LogP contribution in [0.25, 0.3) is 11.4 Å². The minimum absolute atomic E-state index is 0.0595. The summed E-state index contributed by atoms with van der Waals surface area (Å²) in [4.78, 5) is 23.4. The molecule has 35 heavy (non-hydrogen) atoms. The lowest BCUT2D eigenvalue weighted by Gasteiger charge is -2.35. The molecule has 1 atom stereocenters. The van der Waals surface area contributed by atoms with Crippen molar-refractivity contribution in [3.63, 3.8) is 0 Å². The van der Waals surface area contributed by atoms with Crippen LogP contribution in [0.1, 0.15) is 33.4 Å². The summed E-state index contributed by atoms with van der Waals surface area (Å²) in [5, 5.41) is 14.0. The first kappa shape index (κ1) is 26.6. The minimum Gasteiger partial charge on any atom is -0.395 e. The number of anilines is 2. The molecule has 190 valence electrons. The average Bonchev–Trinajstić information content (AvgIpc) is 2.83. The summed E-state index contributed by atoms with van der Waals surface area (Å²) >= 11 is 0. The second kappa shape index (κ2) is 10.7. The first-order chi connectivity index (χ1) is 16.5. The lowest BCUT2D eigenvalue weighted by molar-refractivity contribution is 0.0985. The number of aliphatic hydroxyl groups excluding tert-OH is 1. The first-order valence-corrected chi connectivity index (χ1v) is 12.9. The van der Waals surface area contributed by atoms with Gasteiger partial charge in [0, 0.05) is 35.3 Å². The quantitative estimate of drug-likeness (QED) is 0.501. The smallest absolute Gasteiger partial charge is 0.319 e. The van der Waals surface area contributed by atoms with E-state index in [4.69, 9.17) is 14.8 Å². The van der Waals surface area contributed by atoms with E-state index in [0.717, 1.165) is 0 Å². The predicted molar refractivity (Wildman–Crippen MR) is 136 cm³/mol. The van der Waals surface area contributed by atoms with Crippen molar-refractivity contribution in [1.82, 2.24) is 15.3 Å². The third-order valence-corrected chi connectivity index (χ3v) is 8.39. The Morgan fingerprint density at radius 3 is 2.57 bits per heavy atom. The van der Waals surface area contributed by atoms with Crippen molar-refractivity contribution in [3.8, 4) is 11.4 Å². The molecule has 1 saturated heterocycles. The summed E-state index contributed by atoms with van der Waals surface area (Å²) in [5.41, 5.74) is 1.58. The zero-order valence-corrected chi connectivity index (χ0v) is 21.4. The van der Waals surface area contributed by atoms with Gasteiger partial charge in [0.15, 0.2) is 15.7 Å². The van der Waals surface area contributed by atoms with E-state index in [1.807, 2.05) is 6.92 Å². The Hall–Kier alpha value is -3.02. The highest BCUT2D eigenvalue weighted by atomic mass is 32.2. The summed E-state index contributed by atoms with van der Waals surface area (Å²) in [6, 6.07) is 8.28. The first-order valence-electron chi connectivity index (χ1n) is 11.4. The third kappa shape index (κ3) is 5.80. The number of nitrogens with one attached hydrogen (secondary N) is 2. The number of carbonyl (C=O) groups excluding carboxylic acids is 1. The second-order valence-electron chi connectivity index (χ2n) is 8.95. The molecular weight excluding hydrogens is 470 g/mol. The van der Waals surface area contributed by atoms with Crippen molar-refractivity contribution in [1.29, 1.82) is 0 Å². The van der Waals surface area contributed by atoms with E-state index < -0.39 is 20.6 Å². The average molecular weight is 504 g/mol. The van der Waals surface area contributed by atoms with Gasteiger partial charge in [-0.1, -0.05) is 6.58 Å². The fourth-order valence-electron chi connectivity index (χ4n) is 3.71. The predicted octanol–water partition coefficient (Wildman–Crippen LogP) is 2.67. The normalized spacial score (nSPS) is 16.6. The lowest BCUT2D eigenvalue weighted by Crippen LogP contribution is -2.44. The molecule has 0 saturated carbocycles. The maximum Gasteiger partial charge on any atom is 0.319 e. The van der Waals surface area contributed by atoms with Gasteiger partial charge in [-0.15, -0.1) is 0 Å². The van der Waals surface area contributed by atoms with Gasteiger partial charge in [-0.25, -0.2) is 23.2 Å². The van der Waals surface area contributed by atoms with Crippen molar-refractivity contribution >= 4 is 27.4 Å². The van der Waals surface area contributed by atoms with Gasteiger partial charge in [-0.2, -0.15) is 0 Å². The van der Waals surface area contributed by atoms with Crippen LogP contribution >= 0.6 is 0 Å². The minimum atomic E-state index is -3.72. The zero-order valence-electron chi connectivity index (χ0n) is 20.5. The molecule has 1 aromatic heterocycles. The van der Waals surface area contributed by atoms with E-state index in [9.17, 15) is 13.2 Å². The monoisotopic (exact) mass is 503 g/mol. The summed E-state index contributed by atoms with van der Waals surface area (Å²) < 4.78 is 30.5. The number of benzene rings is 1. The fraction of sp³-hybridized carbons (Fsp3) is 0.458. The molecule has 11 heteroatoms. The maximum absolute atomic E-state index is 13.1. The number of nitrogens with zero attached hydrogens (tertiary/aromatic N) is 3. The van der Waals surface area contributed by atoms with Crippen LogP contribution in [-0.4, -0.2) is 68.5 Å². The molecule has 0 aliphatic carbocycles. The Balaban J connectivity index is 2.04. The van der Waals surface area contributed by atoms with Crippen LogP contribution in [0.5, 0.6) is 0 Å². The fourth-order valence-corrected chi connectivity index (χ4v) is 4.96. The van der Waals surface area contributed by atoms with E-state index >= 15 is 0 Å². The lowest BCUT2D eigenvalue weighted by atomic mass is 10.1. The molecule has 2 aromatic rings. The Bertz CT molecular complexity index is 1180. The van der Waals surface area contributed by atoms with Crippen LogP contribution in [0.15, 0.2) is 41.8 Å². The van der Waals surface area contributed by atoms with Crippen molar-refractivity contribution in [2.45, 2.75) is 38.5 Å². The standard InChI is InChI=1S/C24H33N5O5S/c1-16(2)35(32,33)24(4,5)20-14-21(29-11-13-34-15-17(29)3)28-22(27-20)18-6-8-19(9-7-18)26-23(31)25-10-12-30/h6-9,14,17,30H,1,10-13,15H2,2-5H3,(H2,25,26,31)/t17-/m0/s1. The SMILES string of the molecule is C=C(C)S(=O)(=O)C(C)(C)c1cc(N2CCOC[C@@H]2C)nc(-c2ccc(NC(=O)NCCO)cc2)n1. The van der Waals surface area contributed by atoms with Crippen LogP contribution in [-0.2, 0) is 19.3 Å². The van der Waals surface area contributed by atoms with Crippen LogP contribution in [0.4, 0.5) is 16.3 Å². The molecule has 3 N–H and O–H groups in total. The molecule has 2 amide bonds. The van der Waals surface area contributed by atoms with Gasteiger partial charge in [0.2, 0.25) is 0 Å². The Morgan fingerprint density at radius 1 is 1.29 bits per heavy atom. The number of aromatic nitrogens is 2. The molecular formula is C24H33N5O5S. The van der Waals surface area contributed by atoms with Gasteiger partial charge in [-0.05, 0) is 52.0 Å². The molecule has 1 aromatic carbocycles. The van der Waals surface area contributed by atoms with Gasteiger partial charge in [0.25, 0.3) is 0 Å². The number of carbonyl (C=O) groups is 1. The second-order valence-corrected chi connectivity index (χ2v) is 11.7. The van der Waals surface area contributed by atoms with Gasteiger partial charge < -0.3 is 25.4 Å². The van der Waals surface area contributed by atoms with E-state index in [1.54, 1.807) is 44.2 Å². The molecule has 1 aliphatic heterocycles. The van der Waals surface area contributed by atoms with Crippen molar-refractivity contribution in [2.24, 2.45) is 0 Å². The molecule has 0 spiro atoms. The number of ether oxygens (including phenoxy) is 1. The number of hydrogen-bond donors (Lipinski definition) is 3. The Morgan fingerprint density at radius 2 is 1.97 bits per heavy atom. The van der Waals surface area contributed by atoms with Gasteiger partial charge in [0.05, 0.1) is 31.6 Å². The van der Waals surface area contributed by atoms with Crippen molar-refractivity contribution in [3.05, 3.63) is 47.5 Å². The summed E-state index contributed by atoms with van der Waals surface area (Å²) in [5.74, 6) is 0.994. The molecule has 2 heterocycles. The highest BCUT2D eigenvalue weighted by Gasteiger charge is 2.39. The molecule has 0 radical (unpaired) electrons. The number of aliphatic hydroxyl groups is 1. The van der Waals surface area contributed by atoms with E-state index in [0.29, 0.717) is 48.3 Å². The van der Waals surface area contributed by atoms with E-state index in [-0.39, 0.29) is 24.1 Å². The summed E-state index contributed by atoms with van der Waals surface area (Å²) in [7, 11) is -3.72. The van der Waals surface area contributed by atoms with E-state index in [1.165, 1.54) is 6.92 Å². The molecule has 1 fully saturated rings. The summed E-state index contributed by atoms with van der Waals surface area (Å²) in [6.45, 7) is 12.1. The zero-order chi connectivity index (χ0) is 25.8. The number of allylic oxidation sites excluding steroid dienone is 1. The van der Waals surface area contributed by atoms with Crippen molar-refractivity contribution < 1.29 is 23.1 Å². The van der Waals surface area contributed by atoms with Crippen LogP contribution in [0.2, 0.25) is 0 Å². The number of rotatable bonds is 8.